The number of hydrogen-bond donors (Lipinski definition) is 0. The van der Waals surface area contributed by atoms with Gasteiger partial charge in [0.15, 0.2) is 0 Å². The zero-order valence-corrected chi connectivity index (χ0v) is 8.24. The molecule has 0 aromatic carbocycles. The van der Waals surface area contributed by atoms with E-state index in [1.165, 1.54) is 42.7 Å². The Kier molecular flexibility index (Phi) is 2.66. The van der Waals surface area contributed by atoms with Crippen LogP contribution < -0.4 is 0 Å². The third-order valence-corrected chi connectivity index (χ3v) is 3.14. The highest BCUT2D eigenvalue weighted by molar-refractivity contribution is 6.12. The van der Waals surface area contributed by atoms with Gasteiger partial charge in [0.2, 0.25) is 0 Å². The van der Waals surface area contributed by atoms with Crippen molar-refractivity contribution in [2.24, 2.45) is 5.92 Å². The van der Waals surface area contributed by atoms with Gasteiger partial charge < -0.3 is 0 Å². The molecule has 76 valence electrons. The molecule has 0 bridgehead atoms. The molecule has 1 heterocycles. The van der Waals surface area contributed by atoms with E-state index < -0.39 is 0 Å². The fourth-order valence-corrected chi connectivity index (χ4v) is 2.26. The van der Waals surface area contributed by atoms with Gasteiger partial charge in [0.1, 0.15) is 0 Å². The van der Waals surface area contributed by atoms with Gasteiger partial charge in [-0.1, -0.05) is 25.7 Å². The van der Waals surface area contributed by atoms with Crippen molar-refractivity contribution in [1.82, 2.24) is 4.90 Å². The maximum atomic E-state index is 11.2. The van der Waals surface area contributed by atoms with E-state index in [1.54, 1.807) is 0 Å². The molecule has 1 fully saturated rings. The Labute approximate surface area is 83.8 Å². The average molecular weight is 193 g/mol. The normalized spacial score (nSPS) is 22.7. The number of hydrogen-bond acceptors (Lipinski definition) is 2. The lowest BCUT2D eigenvalue weighted by atomic mass is 10.0. The van der Waals surface area contributed by atoms with Crippen molar-refractivity contribution in [1.29, 1.82) is 0 Å². The average Bonchev–Trinajstić information content (AvgIpc) is 2.76. The molecule has 1 aliphatic heterocycles. The fourth-order valence-electron chi connectivity index (χ4n) is 2.26. The molecule has 2 rings (SSSR count). The highest BCUT2D eigenvalue weighted by Crippen LogP contribution is 2.27. The van der Waals surface area contributed by atoms with Gasteiger partial charge in [-0.15, -0.1) is 0 Å². The van der Waals surface area contributed by atoms with Crippen LogP contribution in [-0.2, 0) is 9.59 Å². The first-order valence-corrected chi connectivity index (χ1v) is 5.31. The van der Waals surface area contributed by atoms with E-state index in [1.807, 2.05) is 0 Å². The van der Waals surface area contributed by atoms with Crippen molar-refractivity contribution in [2.45, 2.75) is 32.1 Å². The number of amides is 2. The third kappa shape index (κ3) is 1.86. The second-order valence-corrected chi connectivity index (χ2v) is 4.10. The molecule has 3 heteroatoms. The molecule has 0 atom stereocenters. The maximum absolute atomic E-state index is 11.2. The minimum atomic E-state index is -0.145. The number of rotatable bonds is 3. The van der Waals surface area contributed by atoms with Gasteiger partial charge in [0, 0.05) is 18.7 Å². The Morgan fingerprint density at radius 2 is 1.71 bits per heavy atom. The van der Waals surface area contributed by atoms with Gasteiger partial charge in [-0.25, -0.2) is 0 Å². The topological polar surface area (TPSA) is 37.4 Å². The summed E-state index contributed by atoms with van der Waals surface area (Å²) in [7, 11) is 0. The summed E-state index contributed by atoms with van der Waals surface area (Å²) in [4.78, 5) is 23.8. The van der Waals surface area contributed by atoms with Crippen LogP contribution in [0.2, 0.25) is 0 Å². The quantitative estimate of drug-likeness (QED) is 0.637. The number of imide groups is 1. The van der Waals surface area contributed by atoms with Crippen LogP contribution in [0.3, 0.4) is 0 Å². The Bertz CT molecular complexity index is 259. The number of carbonyl (C=O) groups is 2. The van der Waals surface area contributed by atoms with E-state index >= 15 is 0 Å². The molecule has 0 saturated heterocycles. The summed E-state index contributed by atoms with van der Waals surface area (Å²) in [5, 5.41) is 0. The summed E-state index contributed by atoms with van der Waals surface area (Å²) in [5.41, 5.74) is 0. The molecule has 3 nitrogen and oxygen atoms in total. The molecule has 0 unspecified atom stereocenters. The maximum Gasteiger partial charge on any atom is 0.253 e. The summed E-state index contributed by atoms with van der Waals surface area (Å²) in [6.45, 7) is 0.606. The van der Waals surface area contributed by atoms with E-state index in [0.717, 1.165) is 12.3 Å². The van der Waals surface area contributed by atoms with Crippen LogP contribution in [-0.4, -0.2) is 23.3 Å². The van der Waals surface area contributed by atoms with E-state index in [9.17, 15) is 9.59 Å². The number of carbonyl (C=O) groups excluding carboxylic acids is 2. The van der Waals surface area contributed by atoms with E-state index in [2.05, 4.69) is 0 Å². The molecule has 14 heavy (non-hydrogen) atoms. The van der Waals surface area contributed by atoms with Crippen LogP contribution in [0, 0.1) is 5.92 Å². The Balaban J connectivity index is 1.80. The first-order valence-electron chi connectivity index (χ1n) is 5.31. The smallest absolute Gasteiger partial charge is 0.253 e. The van der Waals surface area contributed by atoms with Crippen molar-refractivity contribution in [2.75, 3.05) is 6.54 Å². The van der Waals surface area contributed by atoms with Crippen molar-refractivity contribution >= 4 is 11.8 Å². The minimum Gasteiger partial charge on any atom is -0.275 e. The largest absolute Gasteiger partial charge is 0.275 e. The zero-order chi connectivity index (χ0) is 9.97. The first kappa shape index (κ1) is 9.44. The molecule has 0 aromatic rings. The molecule has 1 aliphatic carbocycles. The van der Waals surface area contributed by atoms with Crippen LogP contribution in [0.25, 0.3) is 0 Å². The summed E-state index contributed by atoms with van der Waals surface area (Å²) in [6.07, 6.45) is 8.86. The predicted molar refractivity (Wildman–Crippen MR) is 52.4 cm³/mol. The van der Waals surface area contributed by atoms with Crippen molar-refractivity contribution in [3.05, 3.63) is 12.2 Å². The second-order valence-electron chi connectivity index (χ2n) is 4.10. The predicted octanol–water partition coefficient (Wildman–Crippen LogP) is 1.49. The molecule has 0 N–H and O–H groups in total. The van der Waals surface area contributed by atoms with Crippen molar-refractivity contribution in [3.63, 3.8) is 0 Å². The lowest BCUT2D eigenvalue weighted by Gasteiger charge is -2.16. The highest BCUT2D eigenvalue weighted by Gasteiger charge is 2.24. The van der Waals surface area contributed by atoms with Crippen molar-refractivity contribution < 1.29 is 9.59 Å². The van der Waals surface area contributed by atoms with Crippen LogP contribution in [0.15, 0.2) is 12.2 Å². The molecule has 0 aromatic heterocycles. The van der Waals surface area contributed by atoms with Crippen LogP contribution in [0.5, 0.6) is 0 Å². The van der Waals surface area contributed by atoms with Gasteiger partial charge in [0.05, 0.1) is 0 Å². The lowest BCUT2D eigenvalue weighted by molar-refractivity contribution is -0.136. The van der Waals surface area contributed by atoms with E-state index in [-0.39, 0.29) is 11.8 Å². The van der Waals surface area contributed by atoms with Gasteiger partial charge in [-0.05, 0) is 12.3 Å². The van der Waals surface area contributed by atoms with Crippen LogP contribution >= 0.6 is 0 Å². The van der Waals surface area contributed by atoms with Crippen LogP contribution in [0.4, 0.5) is 0 Å². The monoisotopic (exact) mass is 193 g/mol. The van der Waals surface area contributed by atoms with E-state index in [0.29, 0.717) is 6.54 Å². The Morgan fingerprint density at radius 1 is 1.14 bits per heavy atom. The number of nitrogens with zero attached hydrogens (tertiary/aromatic N) is 1. The second kappa shape index (κ2) is 3.95. The summed E-state index contributed by atoms with van der Waals surface area (Å²) < 4.78 is 0. The standard InChI is InChI=1S/C11H15NO2/c13-10-5-6-11(14)12(10)8-7-9-3-1-2-4-9/h5-6,9H,1-4,7-8H2. The highest BCUT2D eigenvalue weighted by atomic mass is 16.2. The molecule has 2 amide bonds. The molecule has 2 aliphatic rings. The molecule has 0 radical (unpaired) electrons. The van der Waals surface area contributed by atoms with Gasteiger partial charge >= 0.3 is 0 Å². The van der Waals surface area contributed by atoms with Gasteiger partial charge in [-0.3, -0.25) is 14.5 Å². The summed E-state index contributed by atoms with van der Waals surface area (Å²) in [6, 6.07) is 0. The Morgan fingerprint density at radius 3 is 2.29 bits per heavy atom. The van der Waals surface area contributed by atoms with Crippen LogP contribution in [0.1, 0.15) is 32.1 Å². The van der Waals surface area contributed by atoms with Gasteiger partial charge in [-0.2, -0.15) is 0 Å². The lowest BCUT2D eigenvalue weighted by Crippen LogP contribution is -2.31. The minimum absolute atomic E-state index is 0.145. The van der Waals surface area contributed by atoms with Gasteiger partial charge in [0.25, 0.3) is 11.8 Å². The van der Waals surface area contributed by atoms with E-state index in [4.69, 9.17) is 0 Å². The Hall–Kier alpha value is -1.12. The molecule has 1 saturated carbocycles. The third-order valence-electron chi connectivity index (χ3n) is 3.14. The molecular formula is C11H15NO2. The summed E-state index contributed by atoms with van der Waals surface area (Å²) >= 11 is 0. The first-order chi connectivity index (χ1) is 6.77. The zero-order valence-electron chi connectivity index (χ0n) is 8.24. The fraction of sp³-hybridized carbons (Fsp3) is 0.636. The molecular weight excluding hydrogens is 178 g/mol. The summed E-state index contributed by atoms with van der Waals surface area (Å²) in [5.74, 6) is 0.442. The van der Waals surface area contributed by atoms with Crippen molar-refractivity contribution in [3.8, 4) is 0 Å². The SMILES string of the molecule is O=C1C=CC(=O)N1CCC1CCCC1. The molecule has 0 spiro atoms.